The summed E-state index contributed by atoms with van der Waals surface area (Å²) in [4.78, 5) is 0. The Hall–Kier alpha value is -1.96. The first-order chi connectivity index (χ1) is 9.85. The van der Waals surface area contributed by atoms with E-state index in [1.165, 1.54) is 11.1 Å². The Morgan fingerprint density at radius 1 is 0.714 bits per heavy atom. The van der Waals surface area contributed by atoms with Crippen molar-refractivity contribution in [3.05, 3.63) is 57.6 Å². The summed E-state index contributed by atoms with van der Waals surface area (Å²) in [6.07, 6.45) is 0.979. The van der Waals surface area contributed by atoms with E-state index in [4.69, 9.17) is 0 Å². The summed E-state index contributed by atoms with van der Waals surface area (Å²) in [6, 6.07) is 8.25. The second-order valence-electron chi connectivity index (χ2n) is 5.97. The van der Waals surface area contributed by atoms with Crippen LogP contribution in [0.5, 0.6) is 11.5 Å². The second kappa shape index (κ2) is 5.80. The van der Waals surface area contributed by atoms with Gasteiger partial charge in [0, 0.05) is 5.92 Å². The molecule has 0 spiro atoms. The lowest BCUT2D eigenvalue weighted by molar-refractivity contribution is 0.466. The molecule has 0 aliphatic heterocycles. The lowest BCUT2D eigenvalue weighted by atomic mass is 9.85. The fourth-order valence-electron chi connectivity index (χ4n) is 3.05. The molecule has 2 N–H and O–H groups in total. The maximum absolute atomic E-state index is 9.95. The van der Waals surface area contributed by atoms with Crippen molar-refractivity contribution in [1.29, 1.82) is 0 Å². The molecule has 0 saturated heterocycles. The molecule has 0 aliphatic carbocycles. The van der Waals surface area contributed by atoms with Gasteiger partial charge in [0.15, 0.2) is 0 Å². The van der Waals surface area contributed by atoms with Gasteiger partial charge in [0.1, 0.15) is 11.5 Å². The van der Waals surface area contributed by atoms with Gasteiger partial charge in [-0.3, -0.25) is 0 Å². The van der Waals surface area contributed by atoms with E-state index in [0.29, 0.717) is 11.5 Å². The van der Waals surface area contributed by atoms with Crippen LogP contribution in [0.15, 0.2) is 24.3 Å². The van der Waals surface area contributed by atoms with Gasteiger partial charge < -0.3 is 10.2 Å². The molecule has 0 saturated carbocycles. The third kappa shape index (κ3) is 2.90. The minimum atomic E-state index is 0.279. The molecular formula is C19H24O2. The number of aryl methyl sites for hydroxylation is 4. The van der Waals surface area contributed by atoms with Crippen molar-refractivity contribution in [2.75, 3.05) is 0 Å². The summed E-state index contributed by atoms with van der Waals surface area (Å²) < 4.78 is 0. The molecule has 2 rings (SSSR count). The maximum Gasteiger partial charge on any atom is 0.121 e. The van der Waals surface area contributed by atoms with E-state index in [0.717, 1.165) is 28.7 Å². The second-order valence-corrected chi connectivity index (χ2v) is 5.97. The first-order valence-electron chi connectivity index (χ1n) is 7.45. The largest absolute Gasteiger partial charge is 0.507 e. The van der Waals surface area contributed by atoms with Crippen molar-refractivity contribution in [1.82, 2.24) is 0 Å². The van der Waals surface area contributed by atoms with Gasteiger partial charge in [-0.05, 0) is 67.5 Å². The lowest BCUT2D eigenvalue weighted by Crippen LogP contribution is -2.02. The standard InChI is InChI=1S/C19H24O2/c1-6-17(15-7-11(2)18(20)12(3)8-15)16-9-13(4)19(21)14(5)10-16/h7-10,17,20-21H,6H2,1-5H3. The van der Waals surface area contributed by atoms with Gasteiger partial charge in [-0.25, -0.2) is 0 Å². The minimum Gasteiger partial charge on any atom is -0.507 e. The average molecular weight is 284 g/mol. The van der Waals surface area contributed by atoms with Crippen molar-refractivity contribution in [2.45, 2.75) is 47.0 Å². The average Bonchev–Trinajstić information content (AvgIpc) is 2.42. The van der Waals surface area contributed by atoms with Crippen LogP contribution in [-0.2, 0) is 0 Å². The molecule has 2 nitrogen and oxygen atoms in total. The van der Waals surface area contributed by atoms with E-state index in [-0.39, 0.29) is 5.92 Å². The highest BCUT2D eigenvalue weighted by Crippen LogP contribution is 2.35. The number of hydrogen-bond acceptors (Lipinski definition) is 2. The molecule has 0 unspecified atom stereocenters. The number of rotatable bonds is 3. The summed E-state index contributed by atoms with van der Waals surface area (Å²) in [5.41, 5.74) is 6.09. The van der Waals surface area contributed by atoms with Gasteiger partial charge in [-0.15, -0.1) is 0 Å². The Bertz CT molecular complexity index is 568. The first kappa shape index (κ1) is 15.4. The smallest absolute Gasteiger partial charge is 0.121 e. The van der Waals surface area contributed by atoms with Gasteiger partial charge >= 0.3 is 0 Å². The summed E-state index contributed by atoms with van der Waals surface area (Å²) in [6.45, 7) is 9.91. The number of aromatic hydroxyl groups is 2. The van der Waals surface area contributed by atoms with Crippen LogP contribution in [0, 0.1) is 27.7 Å². The molecule has 0 heterocycles. The van der Waals surface area contributed by atoms with Gasteiger partial charge in [-0.2, -0.15) is 0 Å². The Balaban J connectivity index is 2.54. The van der Waals surface area contributed by atoms with E-state index >= 15 is 0 Å². The van der Waals surface area contributed by atoms with Crippen LogP contribution >= 0.6 is 0 Å². The van der Waals surface area contributed by atoms with Gasteiger partial charge in [0.05, 0.1) is 0 Å². The highest BCUT2D eigenvalue weighted by atomic mass is 16.3. The predicted molar refractivity (Wildman–Crippen MR) is 87.3 cm³/mol. The molecule has 2 aromatic rings. The number of benzene rings is 2. The molecule has 0 bridgehead atoms. The van der Waals surface area contributed by atoms with Gasteiger partial charge in [0.25, 0.3) is 0 Å². The number of phenols is 2. The normalized spacial score (nSPS) is 11.1. The molecule has 0 atom stereocenters. The Labute approximate surface area is 127 Å². The van der Waals surface area contributed by atoms with Crippen molar-refractivity contribution in [3.63, 3.8) is 0 Å². The highest BCUT2D eigenvalue weighted by molar-refractivity contribution is 5.49. The molecule has 0 amide bonds. The topological polar surface area (TPSA) is 40.5 Å². The molecule has 0 aromatic heterocycles. The van der Waals surface area contributed by atoms with Crippen molar-refractivity contribution < 1.29 is 10.2 Å². The number of phenolic OH excluding ortho intramolecular Hbond substituents is 2. The fourth-order valence-corrected chi connectivity index (χ4v) is 3.05. The molecular weight excluding hydrogens is 260 g/mol. The van der Waals surface area contributed by atoms with Crippen molar-refractivity contribution in [2.24, 2.45) is 0 Å². The molecule has 0 fully saturated rings. The van der Waals surface area contributed by atoms with Crippen LogP contribution in [0.3, 0.4) is 0 Å². The van der Waals surface area contributed by atoms with Crippen LogP contribution in [0.25, 0.3) is 0 Å². The SMILES string of the molecule is CCC(c1cc(C)c(O)c(C)c1)c1cc(C)c(O)c(C)c1. The van der Waals surface area contributed by atoms with E-state index < -0.39 is 0 Å². The van der Waals surface area contributed by atoms with Crippen molar-refractivity contribution in [3.8, 4) is 11.5 Å². The zero-order chi connectivity index (χ0) is 15.7. The maximum atomic E-state index is 9.95. The summed E-state index contributed by atoms with van der Waals surface area (Å²) in [5.74, 6) is 1.04. The van der Waals surface area contributed by atoms with Crippen LogP contribution in [0.1, 0.15) is 52.6 Å². The summed E-state index contributed by atoms with van der Waals surface area (Å²) in [7, 11) is 0. The Morgan fingerprint density at radius 2 is 1.00 bits per heavy atom. The van der Waals surface area contributed by atoms with Crippen molar-refractivity contribution >= 4 is 0 Å². The number of hydrogen-bond donors (Lipinski definition) is 2. The van der Waals surface area contributed by atoms with Crippen LogP contribution in [-0.4, -0.2) is 10.2 Å². The summed E-state index contributed by atoms with van der Waals surface area (Å²) in [5, 5.41) is 19.9. The quantitative estimate of drug-likeness (QED) is 0.844. The van der Waals surface area contributed by atoms with E-state index in [1.807, 2.05) is 27.7 Å². The molecule has 0 radical (unpaired) electrons. The summed E-state index contributed by atoms with van der Waals surface area (Å²) >= 11 is 0. The molecule has 2 aromatic carbocycles. The predicted octanol–water partition coefficient (Wildman–Crippen LogP) is 4.87. The minimum absolute atomic E-state index is 0.279. The van der Waals surface area contributed by atoms with Crippen LogP contribution in [0.2, 0.25) is 0 Å². The van der Waals surface area contributed by atoms with Gasteiger partial charge in [-0.1, -0.05) is 31.2 Å². The van der Waals surface area contributed by atoms with E-state index in [9.17, 15) is 10.2 Å². The van der Waals surface area contributed by atoms with E-state index in [2.05, 4.69) is 31.2 Å². The van der Waals surface area contributed by atoms with E-state index in [1.54, 1.807) is 0 Å². The highest BCUT2D eigenvalue weighted by Gasteiger charge is 2.16. The zero-order valence-electron chi connectivity index (χ0n) is 13.5. The Kier molecular flexibility index (Phi) is 4.26. The third-order valence-electron chi connectivity index (χ3n) is 4.24. The lowest BCUT2D eigenvalue weighted by Gasteiger charge is -2.20. The molecule has 21 heavy (non-hydrogen) atoms. The third-order valence-corrected chi connectivity index (χ3v) is 4.24. The van der Waals surface area contributed by atoms with Gasteiger partial charge in [0.2, 0.25) is 0 Å². The molecule has 0 aliphatic rings. The zero-order valence-corrected chi connectivity index (χ0v) is 13.5. The fraction of sp³-hybridized carbons (Fsp3) is 0.368. The Morgan fingerprint density at radius 3 is 1.24 bits per heavy atom. The first-order valence-corrected chi connectivity index (χ1v) is 7.45. The van der Waals surface area contributed by atoms with Crippen LogP contribution < -0.4 is 0 Å². The molecule has 2 heteroatoms. The molecule has 112 valence electrons. The monoisotopic (exact) mass is 284 g/mol. The van der Waals surface area contributed by atoms with Crippen LogP contribution in [0.4, 0.5) is 0 Å².